The van der Waals surface area contributed by atoms with Crippen molar-refractivity contribution in [3.05, 3.63) is 126 Å². The van der Waals surface area contributed by atoms with E-state index in [0.717, 1.165) is 47.8 Å². The topological polar surface area (TPSA) is 233 Å². The molecule has 3 aromatic carbocycles. The molecule has 1 aromatic heterocycles. The summed E-state index contributed by atoms with van der Waals surface area (Å²) in [5.41, 5.74) is 8.68. The highest BCUT2D eigenvalue weighted by Gasteiger charge is 2.34. The van der Waals surface area contributed by atoms with Crippen molar-refractivity contribution in [2.75, 3.05) is 6.54 Å². The van der Waals surface area contributed by atoms with E-state index in [0.29, 0.717) is 12.0 Å². The predicted molar refractivity (Wildman–Crippen MR) is 224 cm³/mol. The van der Waals surface area contributed by atoms with Gasteiger partial charge in [-0.25, -0.2) is 19.1 Å². The Morgan fingerprint density at radius 3 is 2.02 bits per heavy atom. The fourth-order valence-electron chi connectivity index (χ4n) is 7.06. The zero-order valence-electron chi connectivity index (χ0n) is 34.2. The maximum atomic E-state index is 14.0. The first-order chi connectivity index (χ1) is 29.5. The van der Waals surface area contributed by atoms with E-state index in [1.165, 1.54) is 12.5 Å². The van der Waals surface area contributed by atoms with Crippen molar-refractivity contribution < 1.29 is 43.3 Å². The molecule has 0 spiro atoms. The number of carbonyl (C=O) groups is 6. The fraction of sp³-hybridized carbons (Fsp3) is 0.400. The molecule has 324 valence electrons. The number of hydrogen-bond donors (Lipinski definition) is 6. The highest BCUT2D eigenvalue weighted by molar-refractivity contribution is 5.92. The van der Waals surface area contributed by atoms with Crippen molar-refractivity contribution in [1.82, 2.24) is 30.8 Å². The van der Waals surface area contributed by atoms with Crippen LogP contribution in [-0.2, 0) is 53.1 Å². The lowest BCUT2D eigenvalue weighted by Crippen LogP contribution is -2.58. The van der Waals surface area contributed by atoms with E-state index in [4.69, 9.17) is 15.2 Å². The van der Waals surface area contributed by atoms with Gasteiger partial charge in [0.25, 0.3) is 5.91 Å². The van der Waals surface area contributed by atoms with Gasteiger partial charge in [-0.3, -0.25) is 19.2 Å². The summed E-state index contributed by atoms with van der Waals surface area (Å²) in [5, 5.41) is 21.6. The van der Waals surface area contributed by atoms with Crippen LogP contribution in [0.5, 0.6) is 0 Å². The summed E-state index contributed by atoms with van der Waals surface area (Å²) in [5.74, 6) is -3.73. The summed E-state index contributed by atoms with van der Waals surface area (Å²) in [6, 6.07) is 22.2. The molecule has 1 saturated carbocycles. The second-order valence-corrected chi connectivity index (χ2v) is 15.1. The maximum absolute atomic E-state index is 14.0. The maximum Gasteiger partial charge on any atom is 0.419 e. The van der Waals surface area contributed by atoms with Crippen LogP contribution in [0.25, 0.3) is 0 Å². The zero-order chi connectivity index (χ0) is 43.6. The first-order valence-electron chi connectivity index (χ1n) is 20.6. The Balaban J connectivity index is 1.22. The van der Waals surface area contributed by atoms with Crippen molar-refractivity contribution in [1.29, 1.82) is 0 Å². The normalized spacial score (nSPS) is 15.2. The lowest BCUT2D eigenvalue weighted by molar-refractivity contribution is -0.149. The first kappa shape index (κ1) is 45.7. The van der Waals surface area contributed by atoms with Crippen LogP contribution in [0.2, 0.25) is 0 Å². The molecular weight excluding hydrogens is 783 g/mol. The third-order valence-electron chi connectivity index (χ3n) is 10.5. The van der Waals surface area contributed by atoms with Crippen LogP contribution in [-0.4, -0.2) is 81.1 Å². The number of aliphatic hydroxyl groups excluding tert-OH is 1. The fourth-order valence-corrected chi connectivity index (χ4v) is 7.06. The Morgan fingerprint density at radius 2 is 1.39 bits per heavy atom. The van der Waals surface area contributed by atoms with E-state index in [2.05, 4.69) is 26.3 Å². The molecule has 1 fully saturated rings. The molecule has 7 N–H and O–H groups in total. The van der Waals surface area contributed by atoms with Gasteiger partial charge in [-0.05, 0) is 41.9 Å². The van der Waals surface area contributed by atoms with Gasteiger partial charge in [-0.15, -0.1) is 0 Å². The molecule has 61 heavy (non-hydrogen) atoms. The number of benzene rings is 3. The van der Waals surface area contributed by atoms with E-state index in [1.54, 1.807) is 49.4 Å². The standard InChI is InChI=1S/C45H55N7O9/c1-2-15-35(40(54)43(57)47-25-37(53)51-39(33-22-13-6-14-23-33)44(58)60-27-30-16-7-3-8-17-30)49-41(55)36(50-42(56)38(46)32-20-11-5-12-21-32)24-34-26-52(29-48-34)45(59)61-28-31-18-9-4-10-19-31/h3-4,6-10,13-14,16-19,22-23,26,29,32,35-36,38-40,54H,2,5,11-12,15,20-21,24-25,27-28,46H2,1H3,(H,47,57)(H,49,55)(H,50,56)(H,51,53)/t35?,36?,38-,39-,40?/m0/s1. The number of nitrogens with two attached hydrogens (primary N) is 1. The number of imidazole rings is 1. The summed E-state index contributed by atoms with van der Waals surface area (Å²) in [7, 11) is 0. The Hall–Kier alpha value is -6.39. The van der Waals surface area contributed by atoms with E-state index < -0.39 is 72.5 Å². The summed E-state index contributed by atoms with van der Waals surface area (Å²) < 4.78 is 12.0. The highest BCUT2D eigenvalue weighted by atomic mass is 16.5. The monoisotopic (exact) mass is 837 g/mol. The minimum atomic E-state index is -1.81. The molecule has 4 aromatic rings. The second kappa shape index (κ2) is 23.4. The second-order valence-electron chi connectivity index (χ2n) is 15.1. The molecule has 0 saturated heterocycles. The van der Waals surface area contributed by atoms with Crippen LogP contribution in [0.3, 0.4) is 0 Å². The van der Waals surface area contributed by atoms with E-state index in [9.17, 15) is 33.9 Å². The highest BCUT2D eigenvalue weighted by Crippen LogP contribution is 2.26. The summed E-state index contributed by atoms with van der Waals surface area (Å²) >= 11 is 0. The molecule has 0 bridgehead atoms. The summed E-state index contributed by atoms with van der Waals surface area (Å²) in [6.45, 7) is 1.21. The van der Waals surface area contributed by atoms with Crippen molar-refractivity contribution >= 4 is 35.7 Å². The van der Waals surface area contributed by atoms with Gasteiger partial charge in [0.2, 0.25) is 17.7 Å². The van der Waals surface area contributed by atoms with E-state index in [-0.39, 0.29) is 37.7 Å². The third kappa shape index (κ3) is 14.1. The number of esters is 1. The number of ether oxygens (including phenoxy) is 2. The minimum Gasteiger partial charge on any atom is -0.459 e. The van der Waals surface area contributed by atoms with E-state index in [1.807, 2.05) is 48.5 Å². The number of nitrogens with zero attached hydrogens (tertiary/aromatic N) is 2. The van der Waals surface area contributed by atoms with Gasteiger partial charge in [-0.2, -0.15) is 0 Å². The van der Waals surface area contributed by atoms with Crippen LogP contribution < -0.4 is 27.0 Å². The van der Waals surface area contributed by atoms with Crippen molar-refractivity contribution in [2.24, 2.45) is 11.7 Å². The van der Waals surface area contributed by atoms with Crippen molar-refractivity contribution in [3.63, 3.8) is 0 Å². The molecule has 4 amide bonds. The summed E-state index contributed by atoms with van der Waals surface area (Å²) in [4.78, 5) is 84.1. The Kier molecular flexibility index (Phi) is 17.5. The third-order valence-corrected chi connectivity index (χ3v) is 10.5. The minimum absolute atomic E-state index is 0.0166. The Morgan fingerprint density at radius 1 is 0.787 bits per heavy atom. The molecule has 3 unspecified atom stereocenters. The van der Waals surface area contributed by atoms with Crippen LogP contribution >= 0.6 is 0 Å². The molecule has 5 rings (SSSR count). The SMILES string of the molecule is CCCC(NC(=O)C(Cc1cn(C(=O)OCc2ccccc2)cn1)NC(=O)[C@@H](N)C1CCCCC1)C(O)C(=O)NCC(=O)N[C@H](C(=O)OCc1ccccc1)c1ccccc1. The quantitative estimate of drug-likeness (QED) is 0.0707. The van der Waals surface area contributed by atoms with Gasteiger partial charge < -0.3 is 41.6 Å². The number of rotatable bonds is 20. The summed E-state index contributed by atoms with van der Waals surface area (Å²) in [6.07, 6.45) is 5.08. The Labute approximate surface area is 355 Å². The van der Waals surface area contributed by atoms with Gasteiger partial charge in [0.05, 0.1) is 24.3 Å². The van der Waals surface area contributed by atoms with Gasteiger partial charge in [-0.1, -0.05) is 124 Å². The molecule has 0 aliphatic heterocycles. The number of aromatic nitrogens is 2. The van der Waals surface area contributed by atoms with E-state index >= 15 is 0 Å². The largest absolute Gasteiger partial charge is 0.459 e. The Bertz CT molecular complexity index is 2040. The first-order valence-corrected chi connectivity index (χ1v) is 20.6. The smallest absolute Gasteiger partial charge is 0.419 e. The number of hydrogen-bond acceptors (Lipinski definition) is 11. The number of amides is 4. The molecule has 16 nitrogen and oxygen atoms in total. The molecule has 1 heterocycles. The lowest BCUT2D eigenvalue weighted by atomic mass is 9.84. The zero-order valence-corrected chi connectivity index (χ0v) is 34.2. The lowest BCUT2D eigenvalue weighted by Gasteiger charge is -2.29. The molecular formula is C45H55N7O9. The molecule has 1 aliphatic carbocycles. The van der Waals surface area contributed by atoms with Crippen molar-refractivity contribution in [3.8, 4) is 0 Å². The average Bonchev–Trinajstić information content (AvgIpc) is 3.77. The van der Waals surface area contributed by atoms with Crippen molar-refractivity contribution in [2.45, 2.75) is 102 Å². The average molecular weight is 838 g/mol. The van der Waals surface area contributed by atoms with Gasteiger partial charge in [0.1, 0.15) is 25.6 Å². The number of nitrogens with one attached hydrogen (secondary N) is 4. The van der Waals surface area contributed by atoms with Gasteiger partial charge in [0.15, 0.2) is 12.1 Å². The van der Waals surface area contributed by atoms with Crippen LogP contribution in [0, 0.1) is 5.92 Å². The molecule has 0 radical (unpaired) electrons. The van der Waals surface area contributed by atoms with Gasteiger partial charge in [0, 0.05) is 12.6 Å². The van der Waals surface area contributed by atoms with Crippen LogP contribution in [0.4, 0.5) is 4.79 Å². The number of aliphatic hydroxyl groups is 1. The molecule has 1 aliphatic rings. The number of carbonyl (C=O) groups excluding carboxylic acids is 6. The van der Waals surface area contributed by atoms with Crippen LogP contribution in [0.15, 0.2) is 104 Å². The van der Waals surface area contributed by atoms with Crippen LogP contribution in [0.1, 0.15) is 80.3 Å². The van der Waals surface area contributed by atoms with Gasteiger partial charge >= 0.3 is 12.1 Å². The molecule has 5 atom stereocenters. The predicted octanol–water partition coefficient (Wildman–Crippen LogP) is 3.37. The molecule has 16 heteroatoms.